The zero-order chi connectivity index (χ0) is 105. The zero-order valence-electron chi connectivity index (χ0n) is 79.4. The number of anilines is 6. The molecular weight excluding hydrogens is 1920 g/mol. The van der Waals surface area contributed by atoms with E-state index in [0.717, 1.165) is 46.0 Å². The highest BCUT2D eigenvalue weighted by Crippen LogP contribution is 2.34. The standard InChI is InChI=1S/C19H14F3N3O3.2C19H14N4O2.C18H15N3O2.2C17H13FN4O2/c1-19(21,22)28-15-4-2-3-12(5-15)18(26)25-14-6-13(20)7-16(8-14)27-17-9-23-11-24-10-17;2*1-13-3-2-4-15(5-13)19(24)23-16-6-14(9-20)7-17(8-16)25-18-10-21-12-22-11-18;1-13-4-2-5-14(8-13)18(22)21-15-6-3-7-16(9-15)23-17-10-19-12-20-11-17;2*1-11-2-3-21-16(4-11)17(23)22-13-5-12(18)6-14(7-13)24-15-8-19-10-20-9-15/h2-11H,1H3,(H,25,26);2*2-8,10-12H,1H3,(H,23,24);2-12H,1H3,(H,21,22);2*2-10H,1H3,(H,22,23). The summed E-state index contributed by atoms with van der Waals surface area (Å²) < 4.78 is 105. The number of aromatic nitrogens is 14. The van der Waals surface area contributed by atoms with Gasteiger partial charge in [0.05, 0.1) is 97.6 Å². The first-order valence-corrected chi connectivity index (χ1v) is 44.3. The Balaban J connectivity index is 0.000000149. The molecule has 18 aromatic rings. The lowest BCUT2D eigenvalue weighted by Gasteiger charge is -2.14. The summed E-state index contributed by atoms with van der Waals surface area (Å²) in [4.78, 5) is 128. The second-order valence-electron chi connectivity index (χ2n) is 31.5. The molecule has 149 heavy (non-hydrogen) atoms. The van der Waals surface area contributed by atoms with Crippen LogP contribution in [-0.2, 0) is 0 Å². The third kappa shape index (κ3) is 35.0. The minimum Gasteiger partial charge on any atom is -0.454 e. The number of rotatable bonds is 26. The van der Waals surface area contributed by atoms with Gasteiger partial charge >= 0.3 is 6.11 Å². The summed E-state index contributed by atoms with van der Waals surface area (Å²) in [5.74, 6) is 0.323. The van der Waals surface area contributed by atoms with E-state index >= 15 is 0 Å². The fraction of sp³-hybridized carbons (Fsp3) is 0.0642. The van der Waals surface area contributed by atoms with Crippen LogP contribution < -0.4 is 65.1 Å². The Hall–Kier alpha value is -21.0. The first-order chi connectivity index (χ1) is 72.0. The van der Waals surface area contributed by atoms with Crippen LogP contribution in [0.5, 0.6) is 74.7 Å². The summed E-state index contributed by atoms with van der Waals surface area (Å²) in [5.41, 5.74) is 10.1. The highest BCUT2D eigenvalue weighted by atomic mass is 19.3. The lowest BCUT2D eigenvalue weighted by molar-refractivity contribution is -0.159. The lowest BCUT2D eigenvalue weighted by atomic mass is 10.1. The number of ether oxygens (including phenoxy) is 7. The predicted octanol–water partition coefficient (Wildman–Crippen LogP) is 22.6. The van der Waals surface area contributed by atoms with Crippen LogP contribution in [0, 0.1) is 74.7 Å². The number of hydrogen-bond donors (Lipinski definition) is 6. The SMILES string of the molecule is CC(F)(F)Oc1cccc(C(=O)Nc2cc(F)cc(Oc3cncnc3)c2)c1.Cc1cccc(C(=O)Nc2cc(C#N)cc(Oc3cncnc3)c2)c1.Cc1cccc(C(=O)Nc2cc(C#N)cc(Oc3cncnc3)c2)c1.Cc1cccc(C(=O)Nc2cccc(Oc3cncnc3)c2)c1.Cc1ccnc(C(=O)Nc2cc(F)cc(Oc3cncnc3)c2)c1.Cc1ccnc(C(=O)Nc2cc(F)cc(Oc3cncnc3)c2)c1. The molecule has 35 nitrogen and oxygen atoms in total. The van der Waals surface area contributed by atoms with E-state index in [1.807, 2.05) is 89.2 Å². The van der Waals surface area contributed by atoms with Crippen molar-refractivity contribution in [2.45, 2.75) is 47.7 Å². The van der Waals surface area contributed by atoms with E-state index in [1.165, 1.54) is 161 Å². The molecule has 18 rings (SSSR count). The molecule has 0 aliphatic heterocycles. The summed E-state index contributed by atoms with van der Waals surface area (Å²) in [6.07, 6.45) is 25.7. The summed E-state index contributed by atoms with van der Waals surface area (Å²) in [6.45, 7) is 10.1. The number of nitriles is 2. The van der Waals surface area contributed by atoms with Crippen LogP contribution >= 0.6 is 0 Å². The number of alkyl halides is 2. The number of nitrogens with zero attached hydrogens (tertiary/aromatic N) is 16. The molecule has 0 spiro atoms. The maximum absolute atomic E-state index is 13.9. The normalized spacial score (nSPS) is 10.3. The van der Waals surface area contributed by atoms with E-state index in [4.69, 9.17) is 28.4 Å². The monoisotopic (exact) mass is 2000 g/mol. The van der Waals surface area contributed by atoms with Gasteiger partial charge in [0.1, 0.15) is 107 Å². The molecule has 0 atom stereocenters. The number of halogens is 5. The molecule has 8 aromatic heterocycles. The molecule has 0 aliphatic carbocycles. The van der Waals surface area contributed by atoms with Gasteiger partial charge in [-0.05, 0) is 179 Å². The molecule has 0 saturated heterocycles. The number of aryl methyl sites for hydroxylation is 5. The Morgan fingerprint density at radius 2 is 0.510 bits per heavy atom. The molecule has 742 valence electrons. The maximum Gasteiger partial charge on any atom is 0.394 e. The van der Waals surface area contributed by atoms with E-state index in [-0.39, 0.29) is 80.5 Å². The number of pyridine rings is 2. The van der Waals surface area contributed by atoms with Crippen LogP contribution in [0.3, 0.4) is 0 Å². The van der Waals surface area contributed by atoms with Crippen molar-refractivity contribution in [2.75, 3.05) is 31.9 Å². The Bertz CT molecular complexity index is 7490. The Morgan fingerprint density at radius 3 is 0.805 bits per heavy atom. The maximum atomic E-state index is 13.9. The van der Waals surface area contributed by atoms with Gasteiger partial charge in [-0.3, -0.25) is 38.7 Å². The number of carbonyl (C=O) groups is 6. The van der Waals surface area contributed by atoms with Crippen LogP contribution in [0.1, 0.15) is 108 Å². The van der Waals surface area contributed by atoms with Crippen molar-refractivity contribution < 1.29 is 83.9 Å². The van der Waals surface area contributed by atoms with Crippen molar-refractivity contribution in [2.24, 2.45) is 0 Å². The lowest BCUT2D eigenvalue weighted by Crippen LogP contribution is -2.19. The molecule has 8 heterocycles. The molecule has 6 amide bonds. The van der Waals surface area contributed by atoms with Gasteiger partial charge in [0.25, 0.3) is 35.4 Å². The fourth-order valence-electron chi connectivity index (χ4n) is 12.9. The van der Waals surface area contributed by atoms with Crippen molar-refractivity contribution in [3.63, 3.8) is 0 Å². The van der Waals surface area contributed by atoms with Crippen LogP contribution in [-0.4, -0.2) is 111 Å². The van der Waals surface area contributed by atoms with Crippen LogP contribution in [0.15, 0.2) is 361 Å². The molecule has 0 aliphatic rings. The highest BCUT2D eigenvalue weighted by molar-refractivity contribution is 6.07. The quantitative estimate of drug-likeness (QED) is 0.0274. The first-order valence-electron chi connectivity index (χ1n) is 44.3. The van der Waals surface area contributed by atoms with E-state index in [1.54, 1.807) is 128 Å². The zero-order valence-corrected chi connectivity index (χ0v) is 79.4. The average molecular weight is 2000 g/mol. The van der Waals surface area contributed by atoms with E-state index in [2.05, 4.69) is 119 Å². The van der Waals surface area contributed by atoms with Crippen molar-refractivity contribution in [1.82, 2.24) is 69.8 Å². The van der Waals surface area contributed by atoms with Crippen molar-refractivity contribution in [3.05, 3.63) is 451 Å². The van der Waals surface area contributed by atoms with Crippen LogP contribution in [0.25, 0.3) is 0 Å². The van der Waals surface area contributed by atoms with Crippen molar-refractivity contribution in [1.29, 1.82) is 10.5 Å². The Labute approximate surface area is 847 Å². The van der Waals surface area contributed by atoms with E-state index in [0.29, 0.717) is 97.8 Å². The van der Waals surface area contributed by atoms with Gasteiger partial charge in [0.15, 0.2) is 34.5 Å². The minimum atomic E-state index is -3.38. The fourth-order valence-corrected chi connectivity index (χ4v) is 12.9. The molecule has 6 N–H and O–H groups in total. The second-order valence-corrected chi connectivity index (χ2v) is 31.5. The number of nitrogens with one attached hydrogen (secondary N) is 6. The van der Waals surface area contributed by atoms with Gasteiger partial charge in [-0.15, -0.1) is 0 Å². The molecule has 0 radical (unpaired) electrons. The third-order valence-electron chi connectivity index (χ3n) is 19.2. The van der Waals surface area contributed by atoms with Gasteiger partial charge < -0.3 is 65.1 Å². The number of benzene rings is 10. The largest absolute Gasteiger partial charge is 0.454 e. The molecule has 10 aromatic carbocycles. The van der Waals surface area contributed by atoms with Crippen molar-refractivity contribution >= 4 is 69.6 Å². The van der Waals surface area contributed by atoms with Crippen LogP contribution in [0.4, 0.5) is 56.1 Å². The smallest absolute Gasteiger partial charge is 0.394 e. The molecule has 0 bridgehead atoms. The molecule has 40 heteroatoms. The summed E-state index contributed by atoms with van der Waals surface area (Å²) in [7, 11) is 0. The number of hydrogen-bond acceptors (Lipinski definition) is 29. The van der Waals surface area contributed by atoms with Gasteiger partial charge in [0, 0.05) is 130 Å². The van der Waals surface area contributed by atoms with E-state index < -0.39 is 41.3 Å². The highest BCUT2D eigenvalue weighted by Gasteiger charge is 2.25. The average Bonchev–Trinajstić information content (AvgIpc) is 0.772. The van der Waals surface area contributed by atoms with Gasteiger partial charge in [-0.1, -0.05) is 65.2 Å². The second kappa shape index (κ2) is 52.5. The number of carbonyl (C=O) groups excluding carboxylic acids is 6. The Kier molecular flexibility index (Phi) is 37.1. The van der Waals surface area contributed by atoms with E-state index in [9.17, 15) is 61.2 Å². The van der Waals surface area contributed by atoms with Gasteiger partial charge in [-0.25, -0.2) is 73.0 Å². The number of amides is 6. The molecule has 0 fully saturated rings. The third-order valence-corrected chi connectivity index (χ3v) is 19.2. The summed E-state index contributed by atoms with van der Waals surface area (Å²) in [5, 5.41) is 34.5. The van der Waals surface area contributed by atoms with Gasteiger partial charge in [0.2, 0.25) is 0 Å². The van der Waals surface area contributed by atoms with Gasteiger partial charge in [-0.2, -0.15) is 19.3 Å². The topological polar surface area (TPSA) is 467 Å². The predicted molar refractivity (Wildman–Crippen MR) is 537 cm³/mol. The van der Waals surface area contributed by atoms with Crippen molar-refractivity contribution in [3.8, 4) is 86.9 Å². The molecule has 0 saturated carbocycles. The summed E-state index contributed by atoms with van der Waals surface area (Å²) in [6, 6.07) is 66.4. The van der Waals surface area contributed by atoms with Crippen LogP contribution in [0.2, 0.25) is 0 Å². The molecular formula is C109H83F5N22O13. The first kappa shape index (κ1) is 105. The summed E-state index contributed by atoms with van der Waals surface area (Å²) >= 11 is 0. The molecule has 0 unspecified atom stereocenters. The Morgan fingerprint density at radius 1 is 0.262 bits per heavy atom. The minimum absolute atomic E-state index is 0.0601.